The number of anilines is 1. The molecule has 1 aromatic carbocycles. The van der Waals surface area contributed by atoms with Crippen LogP contribution in [0, 0.1) is 5.41 Å². The zero-order chi connectivity index (χ0) is 29.7. The van der Waals surface area contributed by atoms with Crippen molar-refractivity contribution in [3.8, 4) is 0 Å². The van der Waals surface area contributed by atoms with E-state index in [1.165, 1.54) is 12.0 Å². The van der Waals surface area contributed by atoms with Gasteiger partial charge in [0.1, 0.15) is 17.5 Å². The van der Waals surface area contributed by atoms with E-state index < -0.39 is 11.6 Å². The molecule has 230 valence electrons. The van der Waals surface area contributed by atoms with Crippen molar-refractivity contribution in [2.45, 2.75) is 110 Å². The minimum absolute atomic E-state index is 0.00537. The third-order valence-electron chi connectivity index (χ3n) is 8.70. The molecule has 2 unspecified atom stereocenters. The number of carbonyl (C=O) groups excluding carboxylic acids is 1. The van der Waals surface area contributed by atoms with Gasteiger partial charge in [0, 0.05) is 31.9 Å². The first-order chi connectivity index (χ1) is 20.1. The van der Waals surface area contributed by atoms with E-state index in [1.54, 1.807) is 0 Å². The van der Waals surface area contributed by atoms with E-state index >= 15 is 0 Å². The van der Waals surface area contributed by atoms with E-state index in [4.69, 9.17) is 19.2 Å². The summed E-state index contributed by atoms with van der Waals surface area (Å²) in [6.45, 7) is 14.3. The zero-order valence-electron chi connectivity index (χ0n) is 26.4. The quantitative estimate of drug-likeness (QED) is 0.246. The summed E-state index contributed by atoms with van der Waals surface area (Å²) in [5.41, 5.74) is 4.22. The number of aromatic nitrogens is 1. The minimum Gasteiger partial charge on any atom is -0.459 e. The van der Waals surface area contributed by atoms with E-state index in [9.17, 15) is 4.79 Å². The second-order valence-corrected chi connectivity index (χ2v) is 14.1. The summed E-state index contributed by atoms with van der Waals surface area (Å²) in [6.07, 6.45) is 8.38. The normalized spacial score (nSPS) is 23.2. The number of hydrogen-bond donors (Lipinski definition) is 1. The average molecular weight is 578 g/mol. The van der Waals surface area contributed by atoms with E-state index in [-0.39, 0.29) is 23.6 Å². The molecule has 2 saturated heterocycles. The van der Waals surface area contributed by atoms with Crippen molar-refractivity contribution in [2.24, 2.45) is 5.41 Å². The Morgan fingerprint density at radius 3 is 2.79 bits per heavy atom. The summed E-state index contributed by atoms with van der Waals surface area (Å²) in [5.74, 6) is 0.875. The van der Waals surface area contributed by atoms with E-state index in [0.29, 0.717) is 0 Å². The lowest BCUT2D eigenvalue weighted by molar-refractivity contribution is -0.161. The Kier molecular flexibility index (Phi) is 9.91. The van der Waals surface area contributed by atoms with Crippen LogP contribution in [0.25, 0.3) is 0 Å². The van der Waals surface area contributed by atoms with Gasteiger partial charge in [0.15, 0.2) is 0 Å². The third-order valence-corrected chi connectivity index (χ3v) is 8.70. The Morgan fingerprint density at radius 1 is 1.17 bits per heavy atom. The fourth-order valence-corrected chi connectivity index (χ4v) is 6.42. The highest BCUT2D eigenvalue weighted by Crippen LogP contribution is 2.41. The summed E-state index contributed by atoms with van der Waals surface area (Å²) in [5, 5.41) is 3.43. The topological polar surface area (TPSA) is 72.9 Å². The second kappa shape index (κ2) is 13.4. The molecule has 42 heavy (non-hydrogen) atoms. The fourth-order valence-electron chi connectivity index (χ4n) is 6.42. The van der Waals surface area contributed by atoms with Crippen LogP contribution in [0.1, 0.15) is 108 Å². The lowest BCUT2D eigenvalue weighted by Crippen LogP contribution is -2.39. The number of rotatable bonds is 10. The lowest BCUT2D eigenvalue weighted by Gasteiger charge is -2.37. The van der Waals surface area contributed by atoms with Crippen LogP contribution in [0.15, 0.2) is 36.4 Å². The van der Waals surface area contributed by atoms with Gasteiger partial charge in [-0.25, -0.2) is 9.78 Å². The third kappa shape index (κ3) is 8.12. The van der Waals surface area contributed by atoms with Crippen molar-refractivity contribution in [3.63, 3.8) is 0 Å². The van der Waals surface area contributed by atoms with E-state index in [1.807, 2.05) is 26.8 Å². The Morgan fingerprint density at radius 2 is 2.00 bits per heavy atom. The first kappa shape index (κ1) is 31.0. The van der Waals surface area contributed by atoms with Gasteiger partial charge in [0.2, 0.25) is 0 Å². The number of esters is 1. The number of benzene rings is 1. The Bertz CT molecular complexity index is 1200. The van der Waals surface area contributed by atoms with Gasteiger partial charge in [-0.3, -0.25) is 4.90 Å². The maximum Gasteiger partial charge on any atom is 0.328 e. The molecule has 3 aliphatic heterocycles. The van der Waals surface area contributed by atoms with Crippen LogP contribution in [-0.2, 0) is 31.8 Å². The maximum atomic E-state index is 13.8. The Hall–Kier alpha value is -2.48. The van der Waals surface area contributed by atoms with Gasteiger partial charge in [0.05, 0.1) is 18.8 Å². The summed E-state index contributed by atoms with van der Waals surface area (Å²) >= 11 is 0. The smallest absolute Gasteiger partial charge is 0.328 e. The molecular formula is C35H51N3O4. The molecule has 1 aromatic heterocycles. The van der Waals surface area contributed by atoms with Gasteiger partial charge in [-0.2, -0.15) is 0 Å². The van der Waals surface area contributed by atoms with Crippen LogP contribution < -0.4 is 5.32 Å². The number of fused-ring (bicyclic) bond motifs is 1. The van der Waals surface area contributed by atoms with Crippen molar-refractivity contribution < 1.29 is 19.0 Å². The number of pyridine rings is 1. The van der Waals surface area contributed by atoms with Gasteiger partial charge in [-0.05, 0) is 100 Å². The molecule has 1 N–H and O–H groups in total. The number of aryl methyl sites for hydroxylation is 2. The molecule has 0 amide bonds. The highest BCUT2D eigenvalue weighted by Gasteiger charge is 2.39. The molecule has 0 saturated carbocycles. The van der Waals surface area contributed by atoms with Crippen molar-refractivity contribution >= 4 is 11.8 Å². The predicted octanol–water partition coefficient (Wildman–Crippen LogP) is 6.81. The first-order valence-electron chi connectivity index (χ1n) is 16.1. The summed E-state index contributed by atoms with van der Waals surface area (Å²) < 4.78 is 18.7. The number of likely N-dealkylation sites (tertiary alicyclic amines) is 1. The molecule has 7 nitrogen and oxygen atoms in total. The standard InChI is InChI=1S/C35H51N3O4/c1-34(2,3)42-33(39)31(29-14-7-6-13-28(29)30-17-19-35(4,5)24-41-30)38-21-18-27(23-38)40-22-9-8-12-26-16-15-25-11-10-20-36-32(25)37-26/h6-7,13-16,27,30-31H,8-12,17-24H2,1-5H3,(H,36,37)/t27-,30?,31?/m1/s1. The molecule has 4 heterocycles. The summed E-state index contributed by atoms with van der Waals surface area (Å²) in [4.78, 5) is 20.8. The number of nitrogens with one attached hydrogen (secondary N) is 1. The Labute approximate surface area is 252 Å². The van der Waals surface area contributed by atoms with Crippen molar-refractivity contribution in [2.75, 3.05) is 38.2 Å². The van der Waals surface area contributed by atoms with Crippen molar-refractivity contribution in [1.82, 2.24) is 9.88 Å². The number of nitrogens with zero attached hydrogens (tertiary/aromatic N) is 2. The van der Waals surface area contributed by atoms with Crippen LogP contribution in [-0.4, -0.2) is 60.4 Å². The number of unbranched alkanes of at least 4 members (excludes halogenated alkanes) is 1. The van der Waals surface area contributed by atoms with E-state index in [2.05, 4.69) is 54.4 Å². The summed E-state index contributed by atoms with van der Waals surface area (Å²) in [7, 11) is 0. The number of ether oxygens (including phenoxy) is 3. The molecule has 0 bridgehead atoms. The van der Waals surface area contributed by atoms with Crippen LogP contribution in [0.5, 0.6) is 0 Å². The monoisotopic (exact) mass is 577 g/mol. The SMILES string of the molecule is CC1(C)CCC(c2ccccc2C(C(=O)OC(C)(C)C)N2CC[C@@H](OCCCCc3ccc4c(n3)NCCC4)C2)OC1. The lowest BCUT2D eigenvalue weighted by atomic mass is 9.82. The molecule has 2 aromatic rings. The Balaban J connectivity index is 1.19. The number of hydrogen-bond acceptors (Lipinski definition) is 7. The van der Waals surface area contributed by atoms with Crippen molar-refractivity contribution in [1.29, 1.82) is 0 Å². The van der Waals surface area contributed by atoms with Gasteiger partial charge in [0.25, 0.3) is 0 Å². The zero-order valence-corrected chi connectivity index (χ0v) is 26.4. The molecule has 0 spiro atoms. The molecule has 7 heteroatoms. The fraction of sp³-hybridized carbons (Fsp3) is 0.657. The molecule has 5 rings (SSSR count). The van der Waals surface area contributed by atoms with Gasteiger partial charge in [-0.1, -0.05) is 44.2 Å². The van der Waals surface area contributed by atoms with Crippen LogP contribution in [0.3, 0.4) is 0 Å². The molecule has 0 radical (unpaired) electrons. The predicted molar refractivity (Wildman–Crippen MR) is 167 cm³/mol. The highest BCUT2D eigenvalue weighted by molar-refractivity contribution is 5.78. The second-order valence-electron chi connectivity index (χ2n) is 14.1. The van der Waals surface area contributed by atoms with Gasteiger partial charge < -0.3 is 19.5 Å². The van der Waals surface area contributed by atoms with Crippen molar-refractivity contribution in [3.05, 3.63) is 58.8 Å². The molecule has 2 fully saturated rings. The highest BCUT2D eigenvalue weighted by atomic mass is 16.6. The first-order valence-corrected chi connectivity index (χ1v) is 16.1. The molecule has 0 aliphatic carbocycles. The average Bonchev–Trinajstić information content (AvgIpc) is 3.40. The number of carbonyl (C=O) groups is 1. The van der Waals surface area contributed by atoms with E-state index in [0.717, 1.165) is 100 Å². The van der Waals surface area contributed by atoms with Crippen LogP contribution >= 0.6 is 0 Å². The maximum absolute atomic E-state index is 13.8. The largest absolute Gasteiger partial charge is 0.459 e. The molecular weight excluding hydrogens is 526 g/mol. The summed E-state index contributed by atoms with van der Waals surface area (Å²) in [6, 6.07) is 12.2. The van der Waals surface area contributed by atoms with Gasteiger partial charge in [-0.15, -0.1) is 0 Å². The molecule has 3 atom stereocenters. The van der Waals surface area contributed by atoms with Crippen LogP contribution in [0.2, 0.25) is 0 Å². The molecule has 3 aliphatic rings. The minimum atomic E-state index is -0.561. The van der Waals surface area contributed by atoms with Crippen LogP contribution in [0.4, 0.5) is 5.82 Å². The van der Waals surface area contributed by atoms with Gasteiger partial charge >= 0.3 is 5.97 Å².